The summed E-state index contributed by atoms with van der Waals surface area (Å²) in [5.74, 6) is 0. The summed E-state index contributed by atoms with van der Waals surface area (Å²) in [7, 11) is 0. The van der Waals surface area contributed by atoms with E-state index in [-0.39, 0.29) is 0 Å². The Morgan fingerprint density at radius 3 is 2.81 bits per heavy atom. The van der Waals surface area contributed by atoms with Crippen LogP contribution in [0.5, 0.6) is 0 Å². The van der Waals surface area contributed by atoms with Crippen LogP contribution in [0.4, 0.5) is 0 Å². The number of benzene rings is 1. The Morgan fingerprint density at radius 2 is 2.25 bits per heavy atom. The predicted octanol–water partition coefficient (Wildman–Crippen LogP) is 4.08. The fourth-order valence-electron chi connectivity index (χ4n) is 1.45. The zero-order valence-corrected chi connectivity index (χ0v) is 11.1. The van der Waals surface area contributed by atoms with E-state index in [1.165, 1.54) is 4.91 Å². The van der Waals surface area contributed by atoms with E-state index in [1.54, 1.807) is 11.8 Å². The molecule has 0 bridgehead atoms. The minimum Gasteiger partial charge on any atom is -0.326 e. The molecule has 0 unspecified atom stereocenters. The van der Waals surface area contributed by atoms with E-state index in [9.17, 15) is 0 Å². The summed E-state index contributed by atoms with van der Waals surface area (Å²) in [4.78, 5) is 1.18. The molecule has 0 aromatic heterocycles. The van der Waals surface area contributed by atoms with Crippen molar-refractivity contribution in [3.8, 4) is 0 Å². The van der Waals surface area contributed by atoms with E-state index < -0.39 is 0 Å². The first-order chi connectivity index (χ1) is 7.74. The quantitative estimate of drug-likeness (QED) is 0.819. The van der Waals surface area contributed by atoms with Gasteiger partial charge in [0, 0.05) is 16.5 Å². The summed E-state index contributed by atoms with van der Waals surface area (Å²) in [5, 5.41) is 0.737. The molecule has 0 radical (unpaired) electrons. The lowest BCUT2D eigenvalue weighted by Crippen LogP contribution is -2.01. The van der Waals surface area contributed by atoms with Gasteiger partial charge in [-0.2, -0.15) is 0 Å². The second kappa shape index (κ2) is 6.79. The lowest BCUT2D eigenvalue weighted by Gasteiger charge is -2.11. The zero-order valence-electron chi connectivity index (χ0n) is 9.53. The molecule has 0 aliphatic heterocycles. The molecule has 2 N–H and O–H groups in total. The molecule has 3 heteroatoms. The van der Waals surface area contributed by atoms with Crippen molar-refractivity contribution in [2.24, 2.45) is 5.73 Å². The summed E-state index contributed by atoms with van der Waals surface area (Å²) in [6.07, 6.45) is 8.15. The van der Waals surface area contributed by atoms with Crippen molar-refractivity contribution in [2.45, 2.75) is 13.5 Å². The van der Waals surface area contributed by atoms with Crippen LogP contribution in [0.15, 0.2) is 36.4 Å². The van der Waals surface area contributed by atoms with Crippen molar-refractivity contribution < 1.29 is 0 Å². The SMILES string of the molecule is CC=C/C=C(\SC)c1cccc(Cl)c1CN. The number of rotatable bonds is 4. The van der Waals surface area contributed by atoms with Gasteiger partial charge >= 0.3 is 0 Å². The fourth-order valence-corrected chi connectivity index (χ4v) is 2.33. The molecule has 16 heavy (non-hydrogen) atoms. The van der Waals surface area contributed by atoms with Crippen molar-refractivity contribution in [3.63, 3.8) is 0 Å². The third-order valence-electron chi connectivity index (χ3n) is 2.25. The van der Waals surface area contributed by atoms with Crippen LogP contribution in [0, 0.1) is 0 Å². The van der Waals surface area contributed by atoms with Gasteiger partial charge in [-0.05, 0) is 36.4 Å². The Bertz CT molecular complexity index is 410. The van der Waals surface area contributed by atoms with E-state index >= 15 is 0 Å². The van der Waals surface area contributed by atoms with Gasteiger partial charge in [-0.25, -0.2) is 0 Å². The molecule has 1 rings (SSSR count). The normalized spacial score (nSPS) is 12.4. The molecule has 1 aromatic rings. The lowest BCUT2D eigenvalue weighted by molar-refractivity contribution is 1.07. The highest BCUT2D eigenvalue weighted by Crippen LogP contribution is 2.31. The molecule has 0 spiro atoms. The van der Waals surface area contributed by atoms with E-state index in [2.05, 4.69) is 18.4 Å². The summed E-state index contributed by atoms with van der Waals surface area (Å²) >= 11 is 7.83. The molecule has 0 atom stereocenters. The Labute approximate surface area is 106 Å². The Morgan fingerprint density at radius 1 is 1.50 bits per heavy atom. The van der Waals surface area contributed by atoms with E-state index in [0.29, 0.717) is 6.54 Å². The van der Waals surface area contributed by atoms with Gasteiger partial charge in [0.2, 0.25) is 0 Å². The van der Waals surface area contributed by atoms with Gasteiger partial charge in [0.1, 0.15) is 0 Å². The molecule has 0 fully saturated rings. The summed E-state index contributed by atoms with van der Waals surface area (Å²) in [6.45, 7) is 2.46. The van der Waals surface area contributed by atoms with Gasteiger partial charge in [-0.1, -0.05) is 35.9 Å². The second-order valence-corrected chi connectivity index (χ2v) is 4.49. The number of hydrogen-bond acceptors (Lipinski definition) is 2. The molecule has 1 nitrogen and oxygen atoms in total. The van der Waals surface area contributed by atoms with Crippen LogP contribution in [0.2, 0.25) is 5.02 Å². The molecule has 0 heterocycles. The van der Waals surface area contributed by atoms with Crippen LogP contribution < -0.4 is 5.73 Å². The number of halogens is 1. The number of allylic oxidation sites excluding steroid dienone is 3. The fraction of sp³-hybridized carbons (Fsp3) is 0.231. The standard InChI is InChI=1S/C13H16ClNS/c1-3-4-8-13(16-2)10-6-5-7-12(14)11(10)9-15/h3-8H,9,15H2,1-2H3/b4-3?,13-8-. The Balaban J connectivity index is 3.24. The topological polar surface area (TPSA) is 26.0 Å². The summed E-state index contributed by atoms with van der Waals surface area (Å²) in [5.41, 5.74) is 7.87. The first kappa shape index (κ1) is 13.4. The number of nitrogens with two attached hydrogens (primary N) is 1. The Kier molecular flexibility index (Phi) is 5.67. The van der Waals surface area contributed by atoms with Crippen LogP contribution >= 0.6 is 23.4 Å². The highest BCUT2D eigenvalue weighted by atomic mass is 35.5. The second-order valence-electron chi connectivity index (χ2n) is 3.23. The lowest BCUT2D eigenvalue weighted by atomic mass is 10.1. The highest BCUT2D eigenvalue weighted by Gasteiger charge is 2.08. The molecule has 0 aliphatic carbocycles. The van der Waals surface area contributed by atoms with Crippen LogP contribution in [0.25, 0.3) is 4.91 Å². The first-order valence-corrected chi connectivity index (χ1v) is 6.69. The third kappa shape index (κ3) is 3.14. The first-order valence-electron chi connectivity index (χ1n) is 5.09. The van der Waals surface area contributed by atoms with Gasteiger partial charge in [-0.3, -0.25) is 0 Å². The summed E-state index contributed by atoms with van der Waals surface area (Å²) < 4.78 is 0. The smallest absolute Gasteiger partial charge is 0.0457 e. The maximum absolute atomic E-state index is 6.13. The van der Waals surface area contributed by atoms with Gasteiger partial charge < -0.3 is 5.73 Å². The van der Waals surface area contributed by atoms with Crippen LogP contribution in [-0.2, 0) is 6.54 Å². The molecule has 0 amide bonds. The van der Waals surface area contributed by atoms with Crippen molar-refractivity contribution in [1.29, 1.82) is 0 Å². The average molecular weight is 254 g/mol. The van der Waals surface area contributed by atoms with Crippen molar-refractivity contribution >= 4 is 28.3 Å². The minimum atomic E-state index is 0.461. The minimum absolute atomic E-state index is 0.461. The maximum atomic E-state index is 6.13. The molecular weight excluding hydrogens is 238 g/mol. The highest BCUT2D eigenvalue weighted by molar-refractivity contribution is 8.07. The molecule has 0 saturated heterocycles. The monoisotopic (exact) mass is 253 g/mol. The van der Waals surface area contributed by atoms with Crippen molar-refractivity contribution in [2.75, 3.05) is 6.26 Å². The molecular formula is C13H16ClNS. The van der Waals surface area contributed by atoms with E-state index in [1.807, 2.05) is 31.2 Å². The van der Waals surface area contributed by atoms with E-state index in [0.717, 1.165) is 16.1 Å². The molecule has 1 aromatic carbocycles. The number of hydrogen-bond donors (Lipinski definition) is 1. The molecule has 0 saturated carbocycles. The third-order valence-corrected chi connectivity index (χ3v) is 3.40. The molecule has 86 valence electrons. The van der Waals surface area contributed by atoms with Crippen molar-refractivity contribution in [3.05, 3.63) is 52.6 Å². The van der Waals surface area contributed by atoms with Crippen LogP contribution in [-0.4, -0.2) is 6.26 Å². The van der Waals surface area contributed by atoms with Gasteiger partial charge in [0.05, 0.1) is 0 Å². The van der Waals surface area contributed by atoms with Gasteiger partial charge in [-0.15, -0.1) is 11.8 Å². The largest absolute Gasteiger partial charge is 0.326 e. The zero-order chi connectivity index (χ0) is 12.0. The van der Waals surface area contributed by atoms with Gasteiger partial charge in [0.15, 0.2) is 0 Å². The van der Waals surface area contributed by atoms with Crippen LogP contribution in [0.3, 0.4) is 0 Å². The Hall–Kier alpha value is -0.700. The summed E-state index contributed by atoms with van der Waals surface area (Å²) in [6, 6.07) is 5.89. The number of thioether (sulfide) groups is 1. The molecule has 0 aliphatic rings. The maximum Gasteiger partial charge on any atom is 0.0457 e. The van der Waals surface area contributed by atoms with Crippen LogP contribution in [0.1, 0.15) is 18.1 Å². The van der Waals surface area contributed by atoms with Gasteiger partial charge in [0.25, 0.3) is 0 Å². The van der Waals surface area contributed by atoms with E-state index in [4.69, 9.17) is 17.3 Å². The average Bonchev–Trinajstić information content (AvgIpc) is 2.30. The van der Waals surface area contributed by atoms with Crippen molar-refractivity contribution in [1.82, 2.24) is 0 Å². The predicted molar refractivity (Wildman–Crippen MR) is 75.6 cm³/mol.